The number of nitrogens with two attached hydrogens (primary N) is 1. The number of oxazole rings is 1. The molecular weight excluding hydrogens is 452 g/mol. The van der Waals surface area contributed by atoms with Crippen molar-refractivity contribution < 1.29 is 23.8 Å². The zero-order valence-electron chi connectivity index (χ0n) is 20.2. The number of hydrogen-bond acceptors (Lipinski definition) is 9. The molecule has 3 rings (SSSR count). The van der Waals surface area contributed by atoms with E-state index in [1.165, 1.54) is 12.3 Å². The van der Waals surface area contributed by atoms with E-state index in [0.717, 1.165) is 0 Å². The molecule has 35 heavy (non-hydrogen) atoms. The molecule has 0 aliphatic carbocycles. The number of rotatable bonds is 8. The molecule has 1 saturated heterocycles. The van der Waals surface area contributed by atoms with Crippen molar-refractivity contribution in [2.75, 3.05) is 31.6 Å². The Morgan fingerprint density at radius 3 is 2.74 bits per heavy atom. The minimum atomic E-state index is -1.21. The van der Waals surface area contributed by atoms with Crippen LogP contribution in [0.15, 0.2) is 58.4 Å². The van der Waals surface area contributed by atoms with Gasteiger partial charge in [0.2, 0.25) is 5.90 Å². The fraction of sp³-hybridized carbons (Fsp3) is 0.375. The average molecular weight is 485 g/mol. The smallest absolute Gasteiger partial charge is 0.323 e. The van der Waals surface area contributed by atoms with E-state index in [1.54, 1.807) is 26.8 Å². The lowest BCUT2D eigenvalue weighted by molar-refractivity contribution is 0.0533. The van der Waals surface area contributed by atoms with E-state index >= 15 is 0 Å². The van der Waals surface area contributed by atoms with Crippen molar-refractivity contribution in [2.24, 2.45) is 10.7 Å². The van der Waals surface area contributed by atoms with Gasteiger partial charge in [0.25, 0.3) is 0 Å². The summed E-state index contributed by atoms with van der Waals surface area (Å²) in [6.07, 6.45) is 2.87. The number of nitrogens with one attached hydrogen (secondary N) is 2. The molecule has 0 bridgehead atoms. The van der Waals surface area contributed by atoms with Crippen LogP contribution >= 0.6 is 0 Å². The molecule has 1 aromatic carbocycles. The number of para-hydroxylation sites is 1. The first-order valence-electron chi connectivity index (χ1n) is 11.2. The molecule has 1 aromatic heterocycles. The number of aromatic nitrogens is 1. The van der Waals surface area contributed by atoms with Gasteiger partial charge in [0, 0.05) is 31.3 Å². The molecule has 5 N–H and O–H groups in total. The Hall–Kier alpha value is -3.83. The number of hydrogen-bond donors (Lipinski definition) is 4. The van der Waals surface area contributed by atoms with Crippen molar-refractivity contribution in [3.05, 3.63) is 66.0 Å². The van der Waals surface area contributed by atoms with Crippen molar-refractivity contribution in [3.8, 4) is 5.75 Å². The minimum absolute atomic E-state index is 0.00853. The Labute approximate surface area is 204 Å². The third-order valence-electron chi connectivity index (χ3n) is 5.05. The summed E-state index contributed by atoms with van der Waals surface area (Å²) in [6.45, 7) is 11.6. The normalized spacial score (nSPS) is 14.7. The van der Waals surface area contributed by atoms with Gasteiger partial charge in [-0.25, -0.2) is 4.79 Å². The summed E-state index contributed by atoms with van der Waals surface area (Å²) in [6, 6.07) is 6.69. The molecule has 1 aliphatic heterocycles. The second kappa shape index (κ2) is 11.5. The van der Waals surface area contributed by atoms with Crippen LogP contribution in [0.5, 0.6) is 5.75 Å². The van der Waals surface area contributed by atoms with Crippen LogP contribution in [0.25, 0.3) is 0 Å². The van der Waals surface area contributed by atoms with Crippen LogP contribution in [-0.4, -0.2) is 53.2 Å². The minimum Gasteiger partial charge on any atom is -0.439 e. The first-order chi connectivity index (χ1) is 16.7. The van der Waals surface area contributed by atoms with Crippen LogP contribution in [0.3, 0.4) is 0 Å². The third kappa shape index (κ3) is 7.33. The molecule has 0 spiro atoms. The molecule has 2 heterocycles. The number of benzene rings is 1. The number of amides is 2. The summed E-state index contributed by atoms with van der Waals surface area (Å²) < 4.78 is 16.8. The van der Waals surface area contributed by atoms with E-state index in [2.05, 4.69) is 27.2 Å². The molecule has 1 aliphatic rings. The number of aliphatic imine (C=N–C) groups is 1. The van der Waals surface area contributed by atoms with Gasteiger partial charge in [0.05, 0.1) is 18.9 Å². The first kappa shape index (κ1) is 25.8. The number of urea groups is 1. The zero-order valence-corrected chi connectivity index (χ0v) is 20.2. The maximum Gasteiger partial charge on any atom is 0.323 e. The second-order valence-electron chi connectivity index (χ2n) is 8.33. The largest absolute Gasteiger partial charge is 0.439 e. The lowest BCUT2D eigenvalue weighted by atomic mass is 10.1. The van der Waals surface area contributed by atoms with Gasteiger partial charge in [-0.15, -0.1) is 0 Å². The molecule has 188 valence electrons. The topological polar surface area (TPSA) is 147 Å². The average Bonchev–Trinajstić information content (AvgIpc) is 3.19. The second-order valence-corrected chi connectivity index (χ2v) is 8.33. The van der Waals surface area contributed by atoms with Crippen LogP contribution in [0, 0.1) is 6.92 Å². The Morgan fingerprint density at radius 2 is 2.09 bits per heavy atom. The molecule has 2 amide bonds. The van der Waals surface area contributed by atoms with Crippen molar-refractivity contribution in [1.29, 1.82) is 0 Å². The van der Waals surface area contributed by atoms with E-state index in [1.807, 2.05) is 23.1 Å². The van der Waals surface area contributed by atoms with Crippen LogP contribution in [-0.2, 0) is 16.9 Å². The van der Waals surface area contributed by atoms with E-state index in [0.29, 0.717) is 49.1 Å². The van der Waals surface area contributed by atoms with Crippen LogP contribution in [0.1, 0.15) is 30.9 Å². The maximum atomic E-state index is 12.4. The summed E-state index contributed by atoms with van der Waals surface area (Å²) in [5.74, 6) is 1.58. The summed E-state index contributed by atoms with van der Waals surface area (Å²) >= 11 is 0. The number of aryl methyl sites for hydroxylation is 1. The molecule has 0 unspecified atom stereocenters. The number of anilines is 1. The van der Waals surface area contributed by atoms with Gasteiger partial charge in [-0.05, 0) is 33.0 Å². The van der Waals surface area contributed by atoms with Gasteiger partial charge in [0.15, 0.2) is 5.76 Å². The lowest BCUT2D eigenvalue weighted by Gasteiger charge is -2.28. The highest BCUT2D eigenvalue weighted by atomic mass is 16.5. The van der Waals surface area contributed by atoms with Crippen molar-refractivity contribution in [3.63, 3.8) is 0 Å². The lowest BCUT2D eigenvalue weighted by Crippen LogP contribution is -2.35. The SMILES string of the molecule is C=C(N=C(/C=C\N)Oc1ccccc1CNC(=O)Nc1nc(C)c(C(C)(C)O)o1)N1CCOCC1. The monoisotopic (exact) mass is 484 g/mol. The van der Waals surface area contributed by atoms with Crippen LogP contribution in [0.4, 0.5) is 10.8 Å². The molecule has 1 fully saturated rings. The standard InChI is InChI=1S/C24H32N6O5/c1-16-21(24(3,4)32)35-23(27-16)29-22(31)26-15-18-7-5-6-8-19(18)34-20(9-10-25)28-17(2)30-11-13-33-14-12-30/h5-10,32H,2,11-15,25H2,1,3-4H3,(H2,26,27,29,31)/b10-9-,28-20?. The van der Waals surface area contributed by atoms with Gasteiger partial charge in [-0.2, -0.15) is 9.98 Å². The van der Waals surface area contributed by atoms with E-state index in [-0.39, 0.29) is 24.2 Å². The highest BCUT2D eigenvalue weighted by Gasteiger charge is 2.25. The Balaban J connectivity index is 1.65. The van der Waals surface area contributed by atoms with Crippen LogP contribution < -0.4 is 21.1 Å². The summed E-state index contributed by atoms with van der Waals surface area (Å²) in [5, 5.41) is 15.4. The Morgan fingerprint density at radius 1 is 1.37 bits per heavy atom. The van der Waals surface area contributed by atoms with Crippen molar-refractivity contribution in [1.82, 2.24) is 15.2 Å². The van der Waals surface area contributed by atoms with Gasteiger partial charge in [0.1, 0.15) is 17.2 Å². The summed E-state index contributed by atoms with van der Waals surface area (Å²) in [5.41, 5.74) is 5.57. The first-order valence-corrected chi connectivity index (χ1v) is 11.2. The van der Waals surface area contributed by atoms with Gasteiger partial charge in [-0.3, -0.25) is 5.32 Å². The van der Waals surface area contributed by atoms with E-state index < -0.39 is 11.6 Å². The maximum absolute atomic E-state index is 12.4. The number of nitrogens with zero attached hydrogens (tertiary/aromatic N) is 3. The zero-order chi connectivity index (χ0) is 25.4. The fourth-order valence-corrected chi connectivity index (χ4v) is 3.39. The Kier molecular flexibility index (Phi) is 8.50. The van der Waals surface area contributed by atoms with Crippen molar-refractivity contribution >= 4 is 17.9 Å². The van der Waals surface area contributed by atoms with E-state index in [9.17, 15) is 9.90 Å². The number of aliphatic hydroxyl groups is 1. The molecular formula is C24H32N6O5. The van der Waals surface area contributed by atoms with Gasteiger partial charge >= 0.3 is 12.0 Å². The molecule has 0 atom stereocenters. The van der Waals surface area contributed by atoms with E-state index in [4.69, 9.17) is 19.6 Å². The Bertz CT molecular complexity index is 1100. The molecule has 11 nitrogen and oxygen atoms in total. The quantitative estimate of drug-likeness (QED) is 0.330. The predicted octanol–water partition coefficient (Wildman–Crippen LogP) is 2.59. The summed E-state index contributed by atoms with van der Waals surface area (Å²) in [7, 11) is 0. The van der Waals surface area contributed by atoms with Crippen LogP contribution in [0.2, 0.25) is 0 Å². The summed E-state index contributed by atoms with van der Waals surface area (Å²) in [4.78, 5) is 23.0. The van der Waals surface area contributed by atoms with Gasteiger partial charge in [-0.1, -0.05) is 24.8 Å². The molecule has 2 aromatic rings. The number of carbonyl (C=O) groups excluding carboxylic acids is 1. The predicted molar refractivity (Wildman–Crippen MR) is 132 cm³/mol. The third-order valence-corrected chi connectivity index (χ3v) is 5.05. The number of ether oxygens (including phenoxy) is 2. The molecule has 0 radical (unpaired) electrons. The van der Waals surface area contributed by atoms with Gasteiger partial charge < -0.3 is 34.9 Å². The highest BCUT2D eigenvalue weighted by molar-refractivity contribution is 5.90. The number of morpholine rings is 1. The molecule has 11 heteroatoms. The van der Waals surface area contributed by atoms with Crippen molar-refractivity contribution in [2.45, 2.75) is 32.9 Å². The molecule has 0 saturated carbocycles. The fourth-order valence-electron chi connectivity index (χ4n) is 3.39. The highest BCUT2D eigenvalue weighted by Crippen LogP contribution is 2.26. The number of carbonyl (C=O) groups is 1.